The van der Waals surface area contributed by atoms with Crippen molar-refractivity contribution in [3.8, 4) is 0 Å². The molecule has 0 saturated carbocycles. The third kappa shape index (κ3) is 5.02. The lowest BCUT2D eigenvalue weighted by Crippen LogP contribution is -2.60. The Bertz CT molecular complexity index is 1100. The van der Waals surface area contributed by atoms with Gasteiger partial charge < -0.3 is 20.1 Å². The largest absolute Gasteiger partial charge is 0.348 e. The van der Waals surface area contributed by atoms with Crippen LogP contribution in [0, 0.1) is 5.92 Å². The highest BCUT2D eigenvalue weighted by Gasteiger charge is 2.39. The highest BCUT2D eigenvalue weighted by molar-refractivity contribution is 7.80. The Labute approximate surface area is 210 Å². The summed E-state index contributed by atoms with van der Waals surface area (Å²) in [5.74, 6) is -0.0591. The maximum absolute atomic E-state index is 12.7. The van der Waals surface area contributed by atoms with E-state index in [1.54, 1.807) is 36.4 Å². The molecule has 170 valence electrons. The van der Waals surface area contributed by atoms with Crippen LogP contribution < -0.4 is 16.2 Å². The molecular weight excluding hydrogens is 514 g/mol. The van der Waals surface area contributed by atoms with Crippen molar-refractivity contribution in [2.24, 2.45) is 5.92 Å². The molecule has 3 unspecified atom stereocenters. The van der Waals surface area contributed by atoms with Gasteiger partial charge in [0.25, 0.3) is 11.5 Å². The molecule has 1 saturated heterocycles. The Kier molecular flexibility index (Phi) is 6.94. The first-order valence-electron chi connectivity index (χ1n) is 10.0. The molecule has 2 bridgehead atoms. The molecule has 11 heteroatoms. The van der Waals surface area contributed by atoms with Crippen LogP contribution >= 0.6 is 58.6 Å². The van der Waals surface area contributed by atoms with Crippen LogP contribution in [0.4, 0.5) is 0 Å². The Balaban J connectivity index is 1.48. The number of hydrogen-bond acceptors (Lipinski definition) is 3. The van der Waals surface area contributed by atoms with E-state index in [1.165, 1.54) is 0 Å². The fraction of sp³-hybridized carbons (Fsp3) is 0.381. The number of thiocarbonyl (C=S) groups is 1. The zero-order valence-corrected chi connectivity index (χ0v) is 20.6. The van der Waals surface area contributed by atoms with Crippen LogP contribution in [0.15, 0.2) is 47.3 Å². The second kappa shape index (κ2) is 9.39. The molecule has 2 aromatic rings. The number of likely N-dealkylation sites (tertiary alicyclic amines) is 1. The minimum absolute atomic E-state index is 0.0184. The fourth-order valence-corrected chi connectivity index (χ4v) is 5.15. The number of alkyl halides is 3. The summed E-state index contributed by atoms with van der Waals surface area (Å²) in [7, 11) is 0. The Morgan fingerprint density at radius 3 is 2.53 bits per heavy atom. The molecule has 6 nitrogen and oxygen atoms in total. The molecule has 3 atom stereocenters. The highest BCUT2D eigenvalue weighted by Crippen LogP contribution is 2.35. The van der Waals surface area contributed by atoms with Gasteiger partial charge in [0.05, 0.1) is 10.6 Å². The van der Waals surface area contributed by atoms with Gasteiger partial charge in [0.15, 0.2) is 5.11 Å². The van der Waals surface area contributed by atoms with Gasteiger partial charge >= 0.3 is 0 Å². The first-order valence-corrected chi connectivity index (χ1v) is 11.9. The molecule has 1 aromatic carbocycles. The van der Waals surface area contributed by atoms with E-state index < -0.39 is 15.9 Å². The van der Waals surface area contributed by atoms with Crippen molar-refractivity contribution in [3.63, 3.8) is 0 Å². The molecular formula is C21H20Cl4N4O2S. The lowest BCUT2D eigenvalue weighted by atomic mass is 9.83. The molecule has 0 aliphatic carbocycles. The summed E-state index contributed by atoms with van der Waals surface area (Å²) in [6.45, 7) is 1.92. The molecule has 0 spiro atoms. The van der Waals surface area contributed by atoms with Crippen molar-refractivity contribution in [2.45, 2.75) is 28.8 Å². The second-order valence-electron chi connectivity index (χ2n) is 7.98. The number of nitrogens with zero attached hydrogens (tertiary/aromatic N) is 2. The average molecular weight is 534 g/mol. The predicted octanol–water partition coefficient (Wildman–Crippen LogP) is 3.92. The number of carbonyl (C=O) groups excluding carboxylic acids is 1. The third-order valence-electron chi connectivity index (χ3n) is 5.76. The summed E-state index contributed by atoms with van der Waals surface area (Å²) >= 11 is 30.1. The van der Waals surface area contributed by atoms with Gasteiger partial charge in [-0.1, -0.05) is 64.6 Å². The molecule has 32 heavy (non-hydrogen) atoms. The number of piperidine rings is 1. The Morgan fingerprint density at radius 1 is 1.06 bits per heavy atom. The van der Waals surface area contributed by atoms with E-state index in [4.69, 9.17) is 58.6 Å². The van der Waals surface area contributed by atoms with Crippen LogP contribution in [0.5, 0.6) is 0 Å². The van der Waals surface area contributed by atoms with E-state index in [0.29, 0.717) is 24.7 Å². The predicted molar refractivity (Wildman–Crippen MR) is 132 cm³/mol. The lowest BCUT2D eigenvalue weighted by molar-refractivity contribution is 0.0933. The summed E-state index contributed by atoms with van der Waals surface area (Å²) in [6, 6.07) is 12.0. The fourth-order valence-electron chi connectivity index (χ4n) is 4.33. The van der Waals surface area contributed by atoms with E-state index in [2.05, 4.69) is 10.6 Å². The van der Waals surface area contributed by atoms with Gasteiger partial charge in [-0.25, -0.2) is 0 Å². The summed E-state index contributed by atoms with van der Waals surface area (Å²) in [4.78, 5) is 26.9. The summed E-state index contributed by atoms with van der Waals surface area (Å²) < 4.78 is -0.0207. The van der Waals surface area contributed by atoms with Crippen molar-refractivity contribution >= 4 is 69.6 Å². The van der Waals surface area contributed by atoms with Crippen LogP contribution in [-0.4, -0.2) is 43.5 Å². The van der Waals surface area contributed by atoms with Crippen LogP contribution in [0.2, 0.25) is 5.02 Å². The van der Waals surface area contributed by atoms with Gasteiger partial charge in [-0.05, 0) is 42.8 Å². The van der Waals surface area contributed by atoms with E-state index in [1.807, 2.05) is 15.5 Å². The van der Waals surface area contributed by atoms with Crippen molar-refractivity contribution in [1.29, 1.82) is 0 Å². The number of aromatic nitrogens is 1. The van der Waals surface area contributed by atoms with Crippen LogP contribution in [0.3, 0.4) is 0 Å². The van der Waals surface area contributed by atoms with E-state index >= 15 is 0 Å². The van der Waals surface area contributed by atoms with Gasteiger partial charge in [-0.2, -0.15) is 0 Å². The number of carbonyl (C=O) groups is 1. The van der Waals surface area contributed by atoms with Gasteiger partial charge in [0.1, 0.15) is 6.17 Å². The van der Waals surface area contributed by atoms with Gasteiger partial charge in [0.2, 0.25) is 3.79 Å². The standard InChI is InChI=1S/C21H20Cl4N4O2S/c22-15-5-2-1-4-14(15)18(31)26-19(21(23,24)25)27-20(32)28-9-12-8-13(11-28)16-6-3-7-17(30)29(16)10-12/h1-7,12-13,19H,8-11H2,(H,26,31)(H,27,32). The molecule has 2 aliphatic rings. The minimum Gasteiger partial charge on any atom is -0.348 e. The molecule has 2 N–H and O–H groups in total. The SMILES string of the molecule is O=C(NC(NC(=S)N1CC2CC(C1)c1cccc(=O)n1C2)C(Cl)(Cl)Cl)c1ccccc1Cl. The lowest BCUT2D eigenvalue weighted by Gasteiger charge is -2.44. The highest BCUT2D eigenvalue weighted by atomic mass is 35.6. The van der Waals surface area contributed by atoms with Gasteiger partial charge in [0, 0.05) is 37.3 Å². The minimum atomic E-state index is -1.87. The first kappa shape index (κ1) is 23.6. The van der Waals surface area contributed by atoms with E-state index in [9.17, 15) is 9.59 Å². The number of rotatable bonds is 3. The summed E-state index contributed by atoms with van der Waals surface area (Å²) in [5, 5.41) is 6.31. The smallest absolute Gasteiger partial charge is 0.254 e. The third-order valence-corrected chi connectivity index (χ3v) is 7.12. The number of nitrogens with one attached hydrogen (secondary N) is 2. The molecule has 1 amide bonds. The number of hydrogen-bond donors (Lipinski definition) is 2. The van der Waals surface area contributed by atoms with Crippen molar-refractivity contribution in [3.05, 3.63) is 69.1 Å². The molecule has 3 heterocycles. The van der Waals surface area contributed by atoms with Crippen LogP contribution in [0.25, 0.3) is 0 Å². The monoisotopic (exact) mass is 532 g/mol. The van der Waals surface area contributed by atoms with Crippen LogP contribution in [-0.2, 0) is 6.54 Å². The van der Waals surface area contributed by atoms with Crippen molar-refractivity contribution in [2.75, 3.05) is 13.1 Å². The number of halogens is 4. The van der Waals surface area contributed by atoms with Gasteiger partial charge in [-0.3, -0.25) is 9.59 Å². The summed E-state index contributed by atoms with van der Waals surface area (Å²) in [5.41, 5.74) is 1.28. The topological polar surface area (TPSA) is 66.4 Å². The maximum atomic E-state index is 12.7. The van der Waals surface area contributed by atoms with Crippen molar-refractivity contribution in [1.82, 2.24) is 20.1 Å². The number of fused-ring (bicyclic) bond motifs is 4. The molecule has 0 radical (unpaired) electrons. The molecule has 4 rings (SSSR count). The first-order chi connectivity index (χ1) is 15.1. The zero-order valence-electron chi connectivity index (χ0n) is 16.7. The number of amides is 1. The van der Waals surface area contributed by atoms with Crippen LogP contribution in [0.1, 0.15) is 28.4 Å². The van der Waals surface area contributed by atoms with E-state index in [-0.39, 0.29) is 28.0 Å². The second-order valence-corrected chi connectivity index (χ2v) is 11.1. The molecule has 1 fully saturated rings. The normalized spacial score (nSPS) is 20.8. The number of pyridine rings is 1. The Hall–Kier alpha value is -1.51. The summed E-state index contributed by atoms with van der Waals surface area (Å²) in [6.07, 6.45) is -0.0971. The Morgan fingerprint density at radius 2 is 1.81 bits per heavy atom. The average Bonchev–Trinajstić information content (AvgIpc) is 2.73. The molecule has 1 aromatic heterocycles. The quantitative estimate of drug-likeness (QED) is 0.355. The number of benzene rings is 1. The maximum Gasteiger partial charge on any atom is 0.254 e. The van der Waals surface area contributed by atoms with Gasteiger partial charge in [-0.15, -0.1) is 0 Å². The van der Waals surface area contributed by atoms with Crippen molar-refractivity contribution < 1.29 is 4.79 Å². The van der Waals surface area contributed by atoms with E-state index in [0.717, 1.165) is 12.1 Å². The zero-order chi connectivity index (χ0) is 23.0. The molecule has 2 aliphatic heterocycles.